The quantitative estimate of drug-likeness (QED) is 0.364. The lowest BCUT2D eigenvalue weighted by atomic mass is 9.99. The lowest BCUT2D eigenvalue weighted by Gasteiger charge is -2.28. The molecule has 2 unspecified atom stereocenters. The third kappa shape index (κ3) is 7.12. The van der Waals surface area contributed by atoms with Crippen molar-refractivity contribution in [3.63, 3.8) is 0 Å². The summed E-state index contributed by atoms with van der Waals surface area (Å²) in [5.41, 5.74) is 1.15. The van der Waals surface area contributed by atoms with Gasteiger partial charge >= 0.3 is 6.18 Å². The average molecular weight is 646 g/mol. The first-order valence-electron chi connectivity index (χ1n) is 14.5. The van der Waals surface area contributed by atoms with Crippen LogP contribution in [0.15, 0.2) is 48.7 Å². The van der Waals surface area contributed by atoms with Gasteiger partial charge in [-0.1, -0.05) is 18.2 Å². The maximum absolute atomic E-state index is 14.4. The molecule has 3 amide bonds. The lowest BCUT2D eigenvalue weighted by Crippen LogP contribution is -2.55. The van der Waals surface area contributed by atoms with E-state index >= 15 is 0 Å². The van der Waals surface area contributed by atoms with Crippen LogP contribution in [0, 0.1) is 0 Å². The molecule has 2 heterocycles. The highest BCUT2D eigenvalue weighted by atomic mass is 32.2. The fourth-order valence-electron chi connectivity index (χ4n) is 5.45. The van der Waals surface area contributed by atoms with Gasteiger partial charge in [-0.15, -0.1) is 0 Å². The molecule has 2 aromatic carbocycles. The number of alkyl halides is 3. The maximum atomic E-state index is 14.4. The van der Waals surface area contributed by atoms with Gasteiger partial charge in [-0.25, -0.2) is 8.42 Å². The molecule has 1 aliphatic carbocycles. The Morgan fingerprint density at radius 2 is 1.82 bits per heavy atom. The van der Waals surface area contributed by atoms with Gasteiger partial charge in [0.15, 0.2) is 0 Å². The van der Waals surface area contributed by atoms with Crippen LogP contribution in [0.5, 0.6) is 0 Å². The first-order chi connectivity index (χ1) is 21.2. The summed E-state index contributed by atoms with van der Waals surface area (Å²) in [5.74, 6) is -2.32. The molecule has 240 valence electrons. The highest BCUT2D eigenvalue weighted by Crippen LogP contribution is 2.45. The van der Waals surface area contributed by atoms with Crippen LogP contribution in [-0.2, 0) is 36.9 Å². The van der Waals surface area contributed by atoms with E-state index in [0.717, 1.165) is 58.7 Å². The minimum atomic E-state index is -4.77. The lowest BCUT2D eigenvalue weighted by molar-refractivity contribution is -0.137. The summed E-state index contributed by atoms with van der Waals surface area (Å²) in [6.45, 7) is 1.01. The number of carbonyl (C=O) groups is 3. The van der Waals surface area contributed by atoms with Crippen molar-refractivity contribution in [1.82, 2.24) is 15.6 Å². The number of carbonyl (C=O) groups excluding carboxylic acids is 3. The zero-order chi connectivity index (χ0) is 32.7. The Hall–Kier alpha value is -4.04. The number of fused-ring (bicyclic) bond motifs is 2. The number of hydrogen-bond donors (Lipinski definition) is 2. The van der Waals surface area contributed by atoms with Crippen LogP contribution in [0.4, 0.5) is 24.5 Å². The SMILES string of the molecule is CNC(C)C(=O)NC1CN(C(=O)CCS(C)(=O)=O)c2cc(C(F)(F)F)ccc2N(Cc2c(C3CC3)cnc3ccccc23)C1=O. The van der Waals surface area contributed by atoms with E-state index in [0.29, 0.717) is 5.52 Å². The molecule has 1 aromatic heterocycles. The topological polar surface area (TPSA) is 129 Å². The van der Waals surface area contributed by atoms with Crippen LogP contribution in [0.3, 0.4) is 0 Å². The van der Waals surface area contributed by atoms with Crippen LogP contribution in [0.25, 0.3) is 10.9 Å². The summed E-state index contributed by atoms with van der Waals surface area (Å²) < 4.78 is 65.7. The Morgan fingerprint density at radius 3 is 2.47 bits per heavy atom. The number of benzene rings is 2. The normalized spacial score (nSPS) is 18.0. The van der Waals surface area contributed by atoms with E-state index in [-0.39, 0.29) is 23.8 Å². The molecule has 3 aromatic rings. The summed E-state index contributed by atoms with van der Waals surface area (Å²) in [6, 6.07) is 8.06. The Kier molecular flexibility index (Phi) is 8.91. The Bertz CT molecular complexity index is 1760. The van der Waals surface area contributed by atoms with Gasteiger partial charge in [-0.2, -0.15) is 13.2 Å². The monoisotopic (exact) mass is 645 g/mol. The van der Waals surface area contributed by atoms with E-state index in [2.05, 4.69) is 15.6 Å². The minimum absolute atomic E-state index is 0.0294. The molecule has 10 nitrogen and oxygen atoms in total. The number of pyridine rings is 1. The van der Waals surface area contributed by atoms with Gasteiger partial charge in [-0.3, -0.25) is 19.4 Å². The predicted molar refractivity (Wildman–Crippen MR) is 163 cm³/mol. The van der Waals surface area contributed by atoms with Gasteiger partial charge in [0.05, 0.1) is 47.3 Å². The molecule has 5 rings (SSSR count). The number of rotatable bonds is 9. The molecule has 1 aliphatic heterocycles. The van der Waals surface area contributed by atoms with E-state index in [1.807, 2.05) is 24.3 Å². The molecular formula is C31H34F3N5O5S. The van der Waals surface area contributed by atoms with Crippen molar-refractivity contribution >= 4 is 49.8 Å². The van der Waals surface area contributed by atoms with E-state index in [1.165, 1.54) is 4.90 Å². The van der Waals surface area contributed by atoms with Crippen molar-refractivity contribution in [3.8, 4) is 0 Å². The summed E-state index contributed by atoms with van der Waals surface area (Å²) in [7, 11) is -2.05. The Morgan fingerprint density at radius 1 is 1.11 bits per heavy atom. The third-order valence-electron chi connectivity index (χ3n) is 8.20. The zero-order valence-corrected chi connectivity index (χ0v) is 25.8. The molecular weight excluding hydrogens is 611 g/mol. The maximum Gasteiger partial charge on any atom is 0.416 e. The summed E-state index contributed by atoms with van der Waals surface area (Å²) in [5, 5.41) is 6.21. The second-order valence-electron chi connectivity index (χ2n) is 11.6. The molecule has 14 heteroatoms. The number of nitrogens with zero attached hydrogens (tertiary/aromatic N) is 3. The van der Waals surface area contributed by atoms with Crippen molar-refractivity contribution < 1.29 is 36.0 Å². The van der Waals surface area contributed by atoms with Crippen molar-refractivity contribution in [3.05, 3.63) is 65.4 Å². The molecule has 0 saturated heterocycles. The number of aromatic nitrogens is 1. The Balaban J connectivity index is 1.69. The van der Waals surface area contributed by atoms with Gasteiger partial charge in [0, 0.05) is 24.3 Å². The molecule has 0 spiro atoms. The first kappa shape index (κ1) is 32.4. The second-order valence-corrected chi connectivity index (χ2v) is 13.8. The third-order valence-corrected chi connectivity index (χ3v) is 9.14. The molecule has 45 heavy (non-hydrogen) atoms. The number of hydrogen-bond acceptors (Lipinski definition) is 7. The number of likely N-dealkylation sites (N-methyl/N-ethyl adjacent to an activating group) is 1. The minimum Gasteiger partial charge on any atom is -0.341 e. The number of para-hydroxylation sites is 1. The van der Waals surface area contributed by atoms with Crippen LogP contribution in [0.1, 0.15) is 48.8 Å². The van der Waals surface area contributed by atoms with Gasteiger partial charge in [0.25, 0.3) is 5.91 Å². The van der Waals surface area contributed by atoms with Crippen molar-refractivity contribution in [2.75, 3.05) is 35.4 Å². The van der Waals surface area contributed by atoms with E-state index in [9.17, 15) is 36.0 Å². The van der Waals surface area contributed by atoms with Crippen molar-refractivity contribution in [1.29, 1.82) is 0 Å². The second kappa shape index (κ2) is 12.4. The highest BCUT2D eigenvalue weighted by molar-refractivity contribution is 7.90. The van der Waals surface area contributed by atoms with E-state index in [4.69, 9.17) is 0 Å². The fraction of sp³-hybridized carbons (Fsp3) is 0.419. The molecule has 2 aliphatic rings. The number of sulfone groups is 1. The molecule has 0 radical (unpaired) electrons. The number of amides is 3. The molecule has 2 N–H and O–H groups in total. The zero-order valence-electron chi connectivity index (χ0n) is 25.0. The molecule has 1 saturated carbocycles. The van der Waals surface area contributed by atoms with Crippen LogP contribution < -0.4 is 20.4 Å². The summed E-state index contributed by atoms with van der Waals surface area (Å²) in [4.78, 5) is 47.8. The van der Waals surface area contributed by atoms with Gasteiger partial charge in [0.2, 0.25) is 11.8 Å². The van der Waals surface area contributed by atoms with Crippen molar-refractivity contribution in [2.24, 2.45) is 0 Å². The van der Waals surface area contributed by atoms with Gasteiger partial charge in [-0.05, 0) is 68.1 Å². The standard InChI is InChI=1S/C31H34F3N5O5S/c1-18(35-2)29(41)37-25-17-38(28(40)12-13-45(3,43)44)27-14-20(31(32,33)34)10-11-26(27)39(30(25)42)16-23-21-6-4-5-7-24(21)36-15-22(23)19-8-9-19/h4-7,10-11,14-15,18-19,25,35H,8-9,12-13,16-17H2,1-3H3,(H,37,41). The highest BCUT2D eigenvalue weighted by Gasteiger charge is 2.40. The van der Waals surface area contributed by atoms with Crippen LogP contribution in [-0.4, -0.2) is 68.8 Å². The first-order valence-corrected chi connectivity index (χ1v) is 16.6. The fourth-order valence-corrected chi connectivity index (χ4v) is 5.99. The summed E-state index contributed by atoms with van der Waals surface area (Å²) in [6.07, 6.45) is -0.737. The van der Waals surface area contributed by atoms with Crippen LogP contribution in [0.2, 0.25) is 0 Å². The van der Waals surface area contributed by atoms with Gasteiger partial charge in [0.1, 0.15) is 15.9 Å². The van der Waals surface area contributed by atoms with Gasteiger partial charge < -0.3 is 20.4 Å². The van der Waals surface area contributed by atoms with Crippen molar-refractivity contribution in [2.45, 2.75) is 56.9 Å². The van der Waals surface area contributed by atoms with Crippen LogP contribution >= 0.6 is 0 Å². The summed E-state index contributed by atoms with van der Waals surface area (Å²) >= 11 is 0. The van der Waals surface area contributed by atoms with E-state index < -0.39 is 70.1 Å². The molecule has 1 fully saturated rings. The van der Waals surface area contributed by atoms with E-state index in [1.54, 1.807) is 20.2 Å². The number of anilines is 2. The molecule has 0 bridgehead atoms. The molecule has 2 atom stereocenters. The smallest absolute Gasteiger partial charge is 0.341 e. The number of nitrogens with one attached hydrogen (secondary N) is 2. The Labute approximate surface area is 258 Å². The number of halogens is 3. The largest absolute Gasteiger partial charge is 0.416 e. The average Bonchev–Trinajstić information content (AvgIpc) is 3.84. The predicted octanol–water partition coefficient (Wildman–Crippen LogP) is 3.54.